The summed E-state index contributed by atoms with van der Waals surface area (Å²) in [6.45, 7) is 2.38. The van der Waals surface area contributed by atoms with E-state index in [0.717, 1.165) is 11.6 Å². The van der Waals surface area contributed by atoms with E-state index < -0.39 is 11.7 Å². The Morgan fingerprint density at radius 3 is 2.38 bits per heavy atom. The Hall–Kier alpha value is -2.17. The second-order valence-electron chi connectivity index (χ2n) is 5.00. The van der Waals surface area contributed by atoms with E-state index in [0.29, 0.717) is 6.54 Å². The Kier molecular flexibility index (Phi) is 4.40. The monoisotopic (exact) mass is 294 g/mol. The first-order valence-electron chi connectivity index (χ1n) is 6.63. The molecule has 0 aromatic heterocycles. The molecule has 0 aliphatic carbocycles. The standard InChI is InChI=1S/C16H17F3N2/c1-11(12-5-3-2-4-6-12)10-21-15-8-7-13(20)9-14(15)16(17,18)19/h2-9,11,21H,10,20H2,1H3. The van der Waals surface area contributed by atoms with Crippen LogP contribution in [0.5, 0.6) is 0 Å². The first-order chi connectivity index (χ1) is 9.88. The highest BCUT2D eigenvalue weighted by Crippen LogP contribution is 2.36. The highest BCUT2D eigenvalue weighted by atomic mass is 19.4. The SMILES string of the molecule is CC(CNc1ccc(N)cc1C(F)(F)F)c1ccccc1. The lowest BCUT2D eigenvalue weighted by Crippen LogP contribution is -2.15. The van der Waals surface area contributed by atoms with Gasteiger partial charge in [-0.15, -0.1) is 0 Å². The summed E-state index contributed by atoms with van der Waals surface area (Å²) in [6, 6.07) is 13.4. The Balaban J connectivity index is 2.14. The highest BCUT2D eigenvalue weighted by molar-refractivity contribution is 5.59. The quantitative estimate of drug-likeness (QED) is 0.815. The third-order valence-corrected chi connectivity index (χ3v) is 3.32. The zero-order valence-corrected chi connectivity index (χ0v) is 11.6. The zero-order valence-electron chi connectivity index (χ0n) is 11.6. The molecule has 112 valence electrons. The van der Waals surface area contributed by atoms with Crippen molar-refractivity contribution in [3.05, 3.63) is 59.7 Å². The molecule has 0 saturated heterocycles. The van der Waals surface area contributed by atoms with Crippen LogP contribution in [-0.4, -0.2) is 6.54 Å². The average Bonchev–Trinajstić information content (AvgIpc) is 2.45. The van der Waals surface area contributed by atoms with E-state index in [4.69, 9.17) is 5.73 Å². The molecule has 0 heterocycles. The van der Waals surface area contributed by atoms with Crippen LogP contribution in [0.3, 0.4) is 0 Å². The lowest BCUT2D eigenvalue weighted by Gasteiger charge is -2.18. The van der Waals surface area contributed by atoms with Gasteiger partial charge in [0.05, 0.1) is 5.56 Å². The molecule has 1 unspecified atom stereocenters. The summed E-state index contributed by atoms with van der Waals surface area (Å²) in [5.74, 6) is 0.102. The second kappa shape index (κ2) is 6.08. The van der Waals surface area contributed by atoms with Crippen molar-refractivity contribution >= 4 is 11.4 Å². The molecular weight excluding hydrogens is 277 g/mol. The third kappa shape index (κ3) is 3.90. The smallest absolute Gasteiger partial charge is 0.399 e. The normalized spacial score (nSPS) is 13.0. The molecule has 3 N–H and O–H groups in total. The maximum absolute atomic E-state index is 13.0. The summed E-state index contributed by atoms with van der Waals surface area (Å²) in [5.41, 5.74) is 5.94. The molecule has 0 saturated carbocycles. The topological polar surface area (TPSA) is 38.0 Å². The highest BCUT2D eigenvalue weighted by Gasteiger charge is 2.33. The molecule has 0 radical (unpaired) electrons. The Labute approximate surface area is 121 Å². The number of anilines is 2. The van der Waals surface area contributed by atoms with Crippen molar-refractivity contribution < 1.29 is 13.2 Å². The first kappa shape index (κ1) is 15.2. The van der Waals surface area contributed by atoms with Gasteiger partial charge in [-0.2, -0.15) is 13.2 Å². The minimum Gasteiger partial charge on any atom is -0.399 e. The number of nitrogens with two attached hydrogens (primary N) is 1. The van der Waals surface area contributed by atoms with E-state index in [1.807, 2.05) is 37.3 Å². The summed E-state index contributed by atoms with van der Waals surface area (Å²) >= 11 is 0. The van der Waals surface area contributed by atoms with Crippen molar-refractivity contribution in [2.75, 3.05) is 17.6 Å². The molecule has 2 aromatic rings. The molecule has 0 aliphatic heterocycles. The van der Waals surface area contributed by atoms with Gasteiger partial charge in [0.25, 0.3) is 0 Å². The fourth-order valence-corrected chi connectivity index (χ4v) is 2.11. The number of benzene rings is 2. The fraction of sp³-hybridized carbons (Fsp3) is 0.250. The van der Waals surface area contributed by atoms with E-state index in [1.165, 1.54) is 12.1 Å². The number of hydrogen-bond donors (Lipinski definition) is 2. The molecule has 0 spiro atoms. The summed E-state index contributed by atoms with van der Waals surface area (Å²) in [4.78, 5) is 0. The Morgan fingerprint density at radius 1 is 1.10 bits per heavy atom. The van der Waals surface area contributed by atoms with Crippen LogP contribution in [0.4, 0.5) is 24.5 Å². The van der Waals surface area contributed by atoms with Crippen molar-refractivity contribution in [3.8, 4) is 0 Å². The maximum Gasteiger partial charge on any atom is 0.418 e. The molecule has 1 atom stereocenters. The van der Waals surface area contributed by atoms with Gasteiger partial charge < -0.3 is 11.1 Å². The van der Waals surface area contributed by atoms with Crippen molar-refractivity contribution in [1.82, 2.24) is 0 Å². The lowest BCUT2D eigenvalue weighted by atomic mass is 10.0. The summed E-state index contributed by atoms with van der Waals surface area (Å²) < 4.78 is 38.9. The molecule has 0 fully saturated rings. The molecule has 2 rings (SSSR count). The minimum atomic E-state index is -4.42. The number of nitrogen functional groups attached to an aromatic ring is 1. The van der Waals surface area contributed by atoms with Crippen molar-refractivity contribution in [2.24, 2.45) is 0 Å². The Bertz CT molecular complexity index is 594. The van der Waals surface area contributed by atoms with Crippen molar-refractivity contribution in [1.29, 1.82) is 0 Å². The number of rotatable bonds is 4. The fourth-order valence-electron chi connectivity index (χ4n) is 2.11. The molecule has 0 amide bonds. The van der Waals surface area contributed by atoms with Gasteiger partial charge in [-0.1, -0.05) is 37.3 Å². The maximum atomic E-state index is 13.0. The summed E-state index contributed by atoms with van der Waals surface area (Å²) in [7, 11) is 0. The van der Waals surface area contributed by atoms with Gasteiger partial charge in [-0.25, -0.2) is 0 Å². The Morgan fingerprint density at radius 2 is 1.76 bits per heavy atom. The molecule has 2 aromatic carbocycles. The molecular formula is C16H17F3N2. The molecule has 5 heteroatoms. The van der Waals surface area contributed by atoms with Crippen LogP contribution in [0.25, 0.3) is 0 Å². The number of halogens is 3. The van der Waals surface area contributed by atoms with Gasteiger partial charge in [0.2, 0.25) is 0 Å². The molecule has 2 nitrogen and oxygen atoms in total. The number of hydrogen-bond acceptors (Lipinski definition) is 2. The zero-order chi connectivity index (χ0) is 15.5. The second-order valence-corrected chi connectivity index (χ2v) is 5.00. The molecule has 0 bridgehead atoms. The van der Waals surface area contributed by atoms with Gasteiger partial charge in [0.15, 0.2) is 0 Å². The van der Waals surface area contributed by atoms with E-state index >= 15 is 0 Å². The van der Waals surface area contributed by atoms with Gasteiger partial charge >= 0.3 is 6.18 Å². The first-order valence-corrected chi connectivity index (χ1v) is 6.63. The van der Waals surface area contributed by atoms with E-state index in [9.17, 15) is 13.2 Å². The van der Waals surface area contributed by atoms with E-state index in [2.05, 4.69) is 5.32 Å². The van der Waals surface area contributed by atoms with Crippen LogP contribution >= 0.6 is 0 Å². The van der Waals surface area contributed by atoms with Gasteiger partial charge in [-0.05, 0) is 29.7 Å². The molecule has 21 heavy (non-hydrogen) atoms. The average molecular weight is 294 g/mol. The van der Waals surface area contributed by atoms with Crippen LogP contribution in [0.1, 0.15) is 24.0 Å². The number of alkyl halides is 3. The molecule has 0 aliphatic rings. The largest absolute Gasteiger partial charge is 0.418 e. The van der Waals surface area contributed by atoms with E-state index in [-0.39, 0.29) is 17.3 Å². The van der Waals surface area contributed by atoms with Gasteiger partial charge in [-0.3, -0.25) is 0 Å². The number of nitrogens with one attached hydrogen (secondary N) is 1. The van der Waals surface area contributed by atoms with E-state index in [1.54, 1.807) is 0 Å². The van der Waals surface area contributed by atoms with Crippen molar-refractivity contribution in [2.45, 2.75) is 19.0 Å². The van der Waals surface area contributed by atoms with Crippen LogP contribution in [-0.2, 0) is 6.18 Å². The van der Waals surface area contributed by atoms with Crippen molar-refractivity contribution in [3.63, 3.8) is 0 Å². The summed E-state index contributed by atoms with van der Waals surface area (Å²) in [6.07, 6.45) is -4.42. The van der Waals surface area contributed by atoms with Crippen LogP contribution in [0.15, 0.2) is 48.5 Å². The predicted molar refractivity (Wildman–Crippen MR) is 79.2 cm³/mol. The lowest BCUT2D eigenvalue weighted by molar-refractivity contribution is -0.136. The third-order valence-electron chi connectivity index (χ3n) is 3.32. The van der Waals surface area contributed by atoms with Crippen LogP contribution < -0.4 is 11.1 Å². The van der Waals surface area contributed by atoms with Crippen LogP contribution in [0.2, 0.25) is 0 Å². The van der Waals surface area contributed by atoms with Crippen LogP contribution in [0, 0.1) is 0 Å². The summed E-state index contributed by atoms with van der Waals surface area (Å²) in [5, 5.41) is 2.87. The predicted octanol–water partition coefficient (Wildman–Crippen LogP) is 4.50. The van der Waals surface area contributed by atoms with Gasteiger partial charge in [0, 0.05) is 17.9 Å². The minimum absolute atomic E-state index is 0.0551. The van der Waals surface area contributed by atoms with Gasteiger partial charge in [0.1, 0.15) is 0 Å².